The molecule has 39 heavy (non-hydrogen) atoms. The molecule has 1 atom stereocenters. The van der Waals surface area contributed by atoms with Crippen LogP contribution in [0.15, 0.2) is 53.7 Å². The molecule has 8 nitrogen and oxygen atoms in total. The van der Waals surface area contributed by atoms with Crippen LogP contribution in [0.2, 0.25) is 0 Å². The van der Waals surface area contributed by atoms with Gasteiger partial charge in [-0.05, 0) is 35.6 Å². The lowest BCUT2D eigenvalue weighted by molar-refractivity contribution is -0.184. The molecule has 0 aliphatic carbocycles. The van der Waals surface area contributed by atoms with Crippen LogP contribution in [-0.2, 0) is 21.4 Å². The van der Waals surface area contributed by atoms with Gasteiger partial charge in [0, 0.05) is 63.7 Å². The first-order valence-corrected chi connectivity index (χ1v) is 13.0. The minimum Gasteiger partial charge on any atom is -0.381 e. The molecule has 2 saturated heterocycles. The second-order valence-electron chi connectivity index (χ2n) is 10.5. The fourth-order valence-corrected chi connectivity index (χ4v) is 5.84. The molecule has 3 aliphatic rings. The van der Waals surface area contributed by atoms with E-state index in [0.29, 0.717) is 38.3 Å². The minimum absolute atomic E-state index is 0.0203. The van der Waals surface area contributed by atoms with E-state index in [9.17, 15) is 22.8 Å². The number of fused-ring (bicyclic) bond motifs is 1. The Labute approximate surface area is 223 Å². The molecule has 2 amide bonds. The highest BCUT2D eigenvalue weighted by molar-refractivity contribution is 6.15. The number of aromatic nitrogens is 2. The van der Waals surface area contributed by atoms with Crippen molar-refractivity contribution in [3.05, 3.63) is 54.2 Å². The van der Waals surface area contributed by atoms with Crippen molar-refractivity contribution in [2.75, 3.05) is 32.8 Å². The summed E-state index contributed by atoms with van der Waals surface area (Å²) in [5.74, 6) is -1.72. The summed E-state index contributed by atoms with van der Waals surface area (Å²) in [5.41, 5.74) is 2.91. The molecule has 2 aromatic carbocycles. The number of rotatable bonds is 4. The molecule has 6 rings (SSSR count). The van der Waals surface area contributed by atoms with E-state index in [1.807, 2.05) is 54.3 Å². The lowest BCUT2D eigenvalue weighted by atomic mass is 9.90. The normalized spacial score (nSPS) is 21.3. The SMILES string of the molecule is Cn1ncc2cc(-c3ccc(C4=NC5(CCOCC5)C(=O)N4CC4CCN(C(=O)C(F)(F)F)C4)cc3)ccc21. The summed E-state index contributed by atoms with van der Waals surface area (Å²) in [6.07, 6.45) is -1.77. The topological polar surface area (TPSA) is 80.0 Å². The minimum atomic E-state index is -4.90. The third kappa shape index (κ3) is 4.58. The van der Waals surface area contributed by atoms with Crippen LogP contribution < -0.4 is 0 Å². The molecule has 1 aromatic heterocycles. The van der Waals surface area contributed by atoms with E-state index in [4.69, 9.17) is 9.73 Å². The van der Waals surface area contributed by atoms with Crippen molar-refractivity contribution in [1.29, 1.82) is 0 Å². The summed E-state index contributed by atoms with van der Waals surface area (Å²) in [5, 5.41) is 5.33. The first kappa shape index (κ1) is 25.5. The number of carbonyl (C=O) groups is 2. The van der Waals surface area contributed by atoms with Crippen LogP contribution in [0.1, 0.15) is 24.8 Å². The number of carbonyl (C=O) groups excluding carboxylic acids is 2. The number of hydrogen-bond donors (Lipinski definition) is 0. The predicted octanol–water partition coefficient (Wildman–Crippen LogP) is 3.79. The highest BCUT2D eigenvalue weighted by Crippen LogP contribution is 2.36. The molecular formula is C28H28F3N5O3. The summed E-state index contributed by atoms with van der Waals surface area (Å²) in [6.45, 7) is 1.03. The summed E-state index contributed by atoms with van der Waals surface area (Å²) in [7, 11) is 1.90. The van der Waals surface area contributed by atoms with Crippen LogP contribution in [-0.4, -0.2) is 81.8 Å². The number of aryl methyl sites for hydroxylation is 1. The molecule has 2 fully saturated rings. The van der Waals surface area contributed by atoms with Gasteiger partial charge in [0.25, 0.3) is 5.91 Å². The van der Waals surface area contributed by atoms with Gasteiger partial charge in [0.2, 0.25) is 0 Å². The molecule has 3 aromatic rings. The number of halogens is 3. The van der Waals surface area contributed by atoms with Gasteiger partial charge in [-0.3, -0.25) is 24.2 Å². The number of likely N-dealkylation sites (tertiary alicyclic amines) is 1. The zero-order valence-electron chi connectivity index (χ0n) is 21.4. The van der Waals surface area contributed by atoms with Crippen molar-refractivity contribution in [3.63, 3.8) is 0 Å². The lowest BCUT2D eigenvalue weighted by Crippen LogP contribution is -2.47. The quantitative estimate of drug-likeness (QED) is 0.506. The second kappa shape index (κ2) is 9.48. The Kier molecular flexibility index (Phi) is 6.21. The van der Waals surface area contributed by atoms with Gasteiger partial charge in [0.1, 0.15) is 11.4 Å². The lowest BCUT2D eigenvalue weighted by Gasteiger charge is -2.30. The van der Waals surface area contributed by atoms with E-state index >= 15 is 0 Å². The van der Waals surface area contributed by atoms with Gasteiger partial charge in [0.05, 0.1) is 11.7 Å². The van der Waals surface area contributed by atoms with Crippen LogP contribution in [0.3, 0.4) is 0 Å². The van der Waals surface area contributed by atoms with Crippen molar-refractivity contribution >= 4 is 28.6 Å². The molecule has 0 saturated carbocycles. The molecule has 0 N–H and O–H groups in total. The van der Waals surface area contributed by atoms with Crippen molar-refractivity contribution in [1.82, 2.24) is 19.6 Å². The number of ether oxygens (including phenoxy) is 1. The van der Waals surface area contributed by atoms with Crippen LogP contribution in [0.5, 0.6) is 0 Å². The zero-order valence-corrected chi connectivity index (χ0v) is 21.4. The third-order valence-corrected chi connectivity index (χ3v) is 8.02. The summed E-state index contributed by atoms with van der Waals surface area (Å²) in [4.78, 5) is 32.9. The van der Waals surface area contributed by atoms with E-state index in [-0.39, 0.29) is 31.5 Å². The number of amidine groups is 1. The highest BCUT2D eigenvalue weighted by atomic mass is 19.4. The summed E-state index contributed by atoms with van der Waals surface area (Å²) < 4.78 is 46.2. The van der Waals surface area contributed by atoms with Gasteiger partial charge in [-0.25, -0.2) is 0 Å². The average molecular weight is 540 g/mol. The van der Waals surface area contributed by atoms with Gasteiger partial charge < -0.3 is 9.64 Å². The Balaban J connectivity index is 1.27. The maximum absolute atomic E-state index is 13.7. The Hall–Kier alpha value is -3.73. The third-order valence-electron chi connectivity index (χ3n) is 8.02. The van der Waals surface area contributed by atoms with E-state index in [2.05, 4.69) is 11.2 Å². The predicted molar refractivity (Wildman–Crippen MR) is 138 cm³/mol. The smallest absolute Gasteiger partial charge is 0.381 e. The molecule has 3 aliphatic heterocycles. The largest absolute Gasteiger partial charge is 0.471 e. The monoisotopic (exact) mass is 539 g/mol. The number of nitrogens with zero attached hydrogens (tertiary/aromatic N) is 5. The number of benzene rings is 2. The fourth-order valence-electron chi connectivity index (χ4n) is 5.84. The van der Waals surface area contributed by atoms with Gasteiger partial charge in [-0.2, -0.15) is 18.3 Å². The molecule has 4 heterocycles. The molecule has 1 unspecified atom stereocenters. The molecule has 1 spiro atoms. The van der Waals surface area contributed by atoms with Gasteiger partial charge >= 0.3 is 12.1 Å². The first-order valence-electron chi connectivity index (χ1n) is 13.0. The molecule has 204 valence electrons. The van der Waals surface area contributed by atoms with E-state index in [0.717, 1.165) is 32.5 Å². The number of hydrogen-bond acceptors (Lipinski definition) is 5. The zero-order chi connectivity index (χ0) is 27.4. The Morgan fingerprint density at radius 1 is 1.08 bits per heavy atom. The standard InChI is InChI=1S/C28H28F3N5O3/c1-34-23-7-6-21(14-22(23)15-32-34)19-2-4-20(5-3-19)24-33-27(9-12-39-13-10-27)25(37)36(24)17-18-8-11-35(16-18)26(38)28(29,30)31/h2-7,14-15,18H,8-13,16-17H2,1H3. The highest BCUT2D eigenvalue weighted by Gasteiger charge is 2.50. The van der Waals surface area contributed by atoms with E-state index < -0.39 is 17.6 Å². The molecule has 11 heteroatoms. The maximum Gasteiger partial charge on any atom is 0.471 e. The first-order chi connectivity index (χ1) is 18.6. The van der Waals surface area contributed by atoms with Crippen molar-refractivity contribution < 1.29 is 27.5 Å². The number of alkyl halides is 3. The second-order valence-corrected chi connectivity index (χ2v) is 10.5. The molecular weight excluding hydrogens is 511 g/mol. The van der Waals surface area contributed by atoms with Gasteiger partial charge in [0.15, 0.2) is 0 Å². The Morgan fingerprint density at radius 2 is 1.77 bits per heavy atom. The average Bonchev–Trinajstić information content (AvgIpc) is 3.62. The van der Waals surface area contributed by atoms with Gasteiger partial charge in [-0.1, -0.05) is 30.3 Å². The van der Waals surface area contributed by atoms with Crippen LogP contribution in [0.4, 0.5) is 13.2 Å². The summed E-state index contributed by atoms with van der Waals surface area (Å²) in [6, 6.07) is 13.9. The van der Waals surface area contributed by atoms with Crippen LogP contribution >= 0.6 is 0 Å². The van der Waals surface area contributed by atoms with E-state index in [1.165, 1.54) is 0 Å². The molecule has 0 radical (unpaired) electrons. The Bertz CT molecular complexity index is 1460. The van der Waals surface area contributed by atoms with Crippen LogP contribution in [0, 0.1) is 5.92 Å². The molecule has 0 bridgehead atoms. The number of aliphatic imine (C=N–C) groups is 1. The summed E-state index contributed by atoms with van der Waals surface area (Å²) >= 11 is 0. The number of amides is 2. The van der Waals surface area contributed by atoms with E-state index in [1.54, 1.807) is 4.90 Å². The van der Waals surface area contributed by atoms with Crippen molar-refractivity contribution in [3.8, 4) is 11.1 Å². The van der Waals surface area contributed by atoms with Crippen molar-refractivity contribution in [2.45, 2.75) is 31.0 Å². The Morgan fingerprint density at radius 3 is 2.49 bits per heavy atom. The van der Waals surface area contributed by atoms with Gasteiger partial charge in [-0.15, -0.1) is 0 Å². The maximum atomic E-state index is 13.7. The van der Waals surface area contributed by atoms with Crippen molar-refractivity contribution in [2.24, 2.45) is 18.0 Å². The van der Waals surface area contributed by atoms with Crippen LogP contribution in [0.25, 0.3) is 22.0 Å². The fraction of sp³-hybridized carbons (Fsp3) is 0.429.